The lowest BCUT2D eigenvalue weighted by molar-refractivity contribution is 0.207. The summed E-state index contributed by atoms with van der Waals surface area (Å²) in [5, 5.41) is 10.3. The van der Waals surface area contributed by atoms with Crippen molar-refractivity contribution in [3.8, 4) is 11.6 Å². The Morgan fingerprint density at radius 1 is 1.16 bits per heavy atom. The molecule has 1 aromatic carbocycles. The van der Waals surface area contributed by atoms with Crippen LogP contribution in [0.2, 0.25) is 0 Å². The number of aromatic nitrogens is 2. The zero-order valence-electron chi connectivity index (χ0n) is 10.5. The summed E-state index contributed by atoms with van der Waals surface area (Å²) < 4.78 is 23.2. The van der Waals surface area contributed by atoms with Gasteiger partial charge < -0.3 is 14.6 Å². The van der Waals surface area contributed by atoms with Gasteiger partial charge in [0.1, 0.15) is 11.8 Å². The standard InChI is InChI=1S/C13H13FN2O3/c1-18-10-7-8(3-4-9(10)14)12(17)11-13(19-2)16-6-5-15-11/h3-7,12,17H,1-2H3. The van der Waals surface area contributed by atoms with Gasteiger partial charge in [0.15, 0.2) is 11.6 Å². The number of halogens is 1. The van der Waals surface area contributed by atoms with E-state index < -0.39 is 11.9 Å². The zero-order chi connectivity index (χ0) is 13.8. The summed E-state index contributed by atoms with van der Waals surface area (Å²) in [6.07, 6.45) is 1.83. The number of ether oxygens (including phenoxy) is 2. The number of nitrogens with zero attached hydrogens (tertiary/aromatic N) is 2. The number of hydrogen-bond acceptors (Lipinski definition) is 5. The fourth-order valence-corrected chi connectivity index (χ4v) is 1.69. The van der Waals surface area contributed by atoms with Gasteiger partial charge in [-0.1, -0.05) is 6.07 Å². The highest BCUT2D eigenvalue weighted by atomic mass is 19.1. The van der Waals surface area contributed by atoms with Gasteiger partial charge in [-0.25, -0.2) is 9.37 Å². The molecule has 19 heavy (non-hydrogen) atoms. The Balaban J connectivity index is 2.41. The Morgan fingerprint density at radius 3 is 2.58 bits per heavy atom. The highest BCUT2D eigenvalue weighted by molar-refractivity contribution is 5.36. The number of aliphatic hydroxyl groups excluding tert-OH is 1. The molecule has 0 saturated carbocycles. The summed E-state index contributed by atoms with van der Waals surface area (Å²) in [6.45, 7) is 0. The second-order valence-electron chi connectivity index (χ2n) is 3.75. The first-order valence-corrected chi connectivity index (χ1v) is 5.53. The molecule has 0 spiro atoms. The highest BCUT2D eigenvalue weighted by Crippen LogP contribution is 2.29. The molecule has 1 unspecified atom stereocenters. The van der Waals surface area contributed by atoms with Crippen LogP contribution in [-0.2, 0) is 0 Å². The Hall–Kier alpha value is -2.21. The minimum Gasteiger partial charge on any atom is -0.494 e. The summed E-state index contributed by atoms with van der Waals surface area (Å²) in [5.74, 6) is -0.220. The van der Waals surface area contributed by atoms with Gasteiger partial charge in [-0.3, -0.25) is 4.98 Å². The second-order valence-corrected chi connectivity index (χ2v) is 3.75. The van der Waals surface area contributed by atoms with Crippen molar-refractivity contribution >= 4 is 0 Å². The Labute approximate surface area is 109 Å². The van der Waals surface area contributed by atoms with E-state index in [1.807, 2.05) is 0 Å². The van der Waals surface area contributed by atoms with Crippen LogP contribution in [0.3, 0.4) is 0 Å². The molecular weight excluding hydrogens is 251 g/mol. The average molecular weight is 264 g/mol. The molecule has 1 heterocycles. The van der Waals surface area contributed by atoms with E-state index in [0.29, 0.717) is 5.56 Å². The maximum Gasteiger partial charge on any atom is 0.238 e. The van der Waals surface area contributed by atoms with Crippen molar-refractivity contribution in [1.29, 1.82) is 0 Å². The quantitative estimate of drug-likeness (QED) is 0.910. The van der Waals surface area contributed by atoms with Crippen LogP contribution in [-0.4, -0.2) is 29.3 Å². The van der Waals surface area contributed by atoms with Crippen molar-refractivity contribution in [2.75, 3.05) is 14.2 Å². The summed E-state index contributed by atoms with van der Waals surface area (Å²) >= 11 is 0. The molecule has 1 atom stereocenters. The first-order chi connectivity index (χ1) is 9.17. The van der Waals surface area contributed by atoms with E-state index in [-0.39, 0.29) is 17.3 Å². The van der Waals surface area contributed by atoms with Crippen LogP contribution in [0.4, 0.5) is 4.39 Å². The third-order valence-electron chi connectivity index (χ3n) is 2.63. The molecule has 0 bridgehead atoms. The van der Waals surface area contributed by atoms with E-state index in [1.54, 1.807) is 0 Å². The molecule has 0 amide bonds. The molecule has 0 radical (unpaired) electrons. The molecule has 0 fully saturated rings. The molecule has 0 aliphatic carbocycles. The van der Waals surface area contributed by atoms with E-state index in [1.165, 1.54) is 44.8 Å². The molecule has 0 aliphatic rings. The van der Waals surface area contributed by atoms with Crippen molar-refractivity contribution in [2.45, 2.75) is 6.10 Å². The monoisotopic (exact) mass is 264 g/mol. The molecule has 2 rings (SSSR count). The molecule has 0 saturated heterocycles. The SMILES string of the molecule is COc1cc(C(O)c2nccnc2OC)ccc1F. The predicted molar refractivity (Wildman–Crippen MR) is 65.6 cm³/mol. The van der Waals surface area contributed by atoms with Gasteiger partial charge >= 0.3 is 0 Å². The Kier molecular flexibility index (Phi) is 3.91. The van der Waals surface area contributed by atoms with Crippen LogP contribution >= 0.6 is 0 Å². The maximum absolute atomic E-state index is 13.3. The average Bonchev–Trinajstić information content (AvgIpc) is 2.47. The van der Waals surface area contributed by atoms with Crippen LogP contribution in [0, 0.1) is 5.82 Å². The largest absolute Gasteiger partial charge is 0.494 e. The van der Waals surface area contributed by atoms with Gasteiger partial charge in [0.05, 0.1) is 14.2 Å². The van der Waals surface area contributed by atoms with Crippen LogP contribution in [0.5, 0.6) is 11.6 Å². The fourth-order valence-electron chi connectivity index (χ4n) is 1.69. The third-order valence-corrected chi connectivity index (χ3v) is 2.63. The normalized spacial score (nSPS) is 12.0. The molecule has 6 heteroatoms. The van der Waals surface area contributed by atoms with Crippen LogP contribution < -0.4 is 9.47 Å². The van der Waals surface area contributed by atoms with Crippen LogP contribution in [0.1, 0.15) is 17.4 Å². The summed E-state index contributed by atoms with van der Waals surface area (Å²) in [7, 11) is 2.79. The van der Waals surface area contributed by atoms with E-state index in [2.05, 4.69) is 9.97 Å². The van der Waals surface area contributed by atoms with Gasteiger partial charge in [-0.2, -0.15) is 0 Å². The van der Waals surface area contributed by atoms with Crippen molar-refractivity contribution in [3.05, 3.63) is 47.7 Å². The lowest BCUT2D eigenvalue weighted by Crippen LogP contribution is -2.06. The number of methoxy groups -OCH3 is 2. The topological polar surface area (TPSA) is 64.5 Å². The van der Waals surface area contributed by atoms with Crippen molar-refractivity contribution in [1.82, 2.24) is 9.97 Å². The molecule has 1 aromatic heterocycles. The van der Waals surface area contributed by atoms with Crippen molar-refractivity contribution in [2.24, 2.45) is 0 Å². The summed E-state index contributed by atoms with van der Waals surface area (Å²) in [5.41, 5.74) is 0.704. The van der Waals surface area contributed by atoms with Gasteiger partial charge in [-0.05, 0) is 17.7 Å². The van der Waals surface area contributed by atoms with E-state index in [0.717, 1.165) is 0 Å². The highest BCUT2D eigenvalue weighted by Gasteiger charge is 2.19. The fraction of sp³-hybridized carbons (Fsp3) is 0.231. The van der Waals surface area contributed by atoms with Crippen LogP contribution in [0.15, 0.2) is 30.6 Å². The molecule has 1 N–H and O–H groups in total. The lowest BCUT2D eigenvalue weighted by Gasteiger charge is -2.14. The Morgan fingerprint density at radius 2 is 1.89 bits per heavy atom. The van der Waals surface area contributed by atoms with Gasteiger partial charge in [0, 0.05) is 12.4 Å². The Bertz CT molecular complexity index is 578. The maximum atomic E-state index is 13.3. The number of hydrogen-bond donors (Lipinski definition) is 1. The van der Waals surface area contributed by atoms with E-state index in [4.69, 9.17) is 9.47 Å². The summed E-state index contributed by atoms with van der Waals surface area (Å²) in [4.78, 5) is 7.99. The lowest BCUT2D eigenvalue weighted by atomic mass is 10.1. The smallest absolute Gasteiger partial charge is 0.238 e. The zero-order valence-corrected chi connectivity index (χ0v) is 10.5. The number of aliphatic hydroxyl groups is 1. The number of benzene rings is 1. The minimum absolute atomic E-state index is 0.0550. The van der Waals surface area contributed by atoms with Gasteiger partial charge in [0.2, 0.25) is 5.88 Å². The molecule has 5 nitrogen and oxygen atoms in total. The summed E-state index contributed by atoms with van der Waals surface area (Å²) in [6, 6.07) is 4.09. The molecule has 100 valence electrons. The third kappa shape index (κ3) is 2.63. The van der Waals surface area contributed by atoms with Gasteiger partial charge in [0.25, 0.3) is 0 Å². The first kappa shape index (κ1) is 13.2. The second kappa shape index (κ2) is 5.62. The van der Waals surface area contributed by atoms with Gasteiger partial charge in [-0.15, -0.1) is 0 Å². The molecular formula is C13H13FN2O3. The van der Waals surface area contributed by atoms with E-state index in [9.17, 15) is 9.50 Å². The molecule has 0 aliphatic heterocycles. The minimum atomic E-state index is -1.07. The van der Waals surface area contributed by atoms with Crippen molar-refractivity contribution in [3.63, 3.8) is 0 Å². The first-order valence-electron chi connectivity index (χ1n) is 5.53. The van der Waals surface area contributed by atoms with E-state index >= 15 is 0 Å². The number of rotatable bonds is 4. The predicted octanol–water partition coefficient (Wildman–Crippen LogP) is 1.71. The van der Waals surface area contributed by atoms with Crippen LogP contribution in [0.25, 0.3) is 0 Å². The van der Waals surface area contributed by atoms with Crippen molar-refractivity contribution < 1.29 is 19.0 Å². The molecule has 2 aromatic rings.